The Labute approximate surface area is 213 Å². The summed E-state index contributed by atoms with van der Waals surface area (Å²) in [6.45, 7) is 0.145. The zero-order chi connectivity index (χ0) is 27.8. The quantitative estimate of drug-likeness (QED) is 0.457. The second-order valence-corrected chi connectivity index (χ2v) is 9.64. The molecule has 2 aromatic carbocycles. The molecular weight excluding hydrogens is 521 g/mol. The van der Waals surface area contributed by atoms with Crippen LogP contribution in [-0.2, 0) is 11.0 Å². The molecular formula is C26H25F7N2O3. The number of alkyl halides is 6. The number of halogens is 7. The van der Waals surface area contributed by atoms with E-state index in [1.807, 2.05) is 0 Å². The predicted octanol–water partition coefficient (Wildman–Crippen LogP) is 5.70. The first-order valence-corrected chi connectivity index (χ1v) is 12.1. The number of carbonyl (C=O) groups excluding carboxylic acids is 2. The monoisotopic (exact) mass is 546 g/mol. The maximum absolute atomic E-state index is 14.7. The van der Waals surface area contributed by atoms with Gasteiger partial charge in [-0.2, -0.15) is 26.3 Å². The Bertz CT molecular complexity index is 1190. The summed E-state index contributed by atoms with van der Waals surface area (Å²) in [5, 5.41) is 12.3. The molecule has 3 atom stereocenters. The Morgan fingerprint density at radius 2 is 1.68 bits per heavy atom. The lowest BCUT2D eigenvalue weighted by atomic mass is 9.96. The van der Waals surface area contributed by atoms with Gasteiger partial charge in [-0.1, -0.05) is 18.2 Å². The number of hydrogen-bond donors (Lipinski definition) is 2. The number of aliphatic hydroxyl groups is 1. The van der Waals surface area contributed by atoms with Gasteiger partial charge in [0.2, 0.25) is 5.91 Å². The fourth-order valence-corrected chi connectivity index (χ4v) is 4.73. The molecule has 2 N–H and O–H groups in total. The third kappa shape index (κ3) is 6.11. The lowest BCUT2D eigenvalue weighted by Gasteiger charge is -2.36. The van der Waals surface area contributed by atoms with E-state index in [1.54, 1.807) is 0 Å². The van der Waals surface area contributed by atoms with Gasteiger partial charge in [-0.3, -0.25) is 9.59 Å². The minimum atomic E-state index is -4.93. The van der Waals surface area contributed by atoms with Crippen molar-refractivity contribution in [2.45, 2.75) is 62.6 Å². The molecule has 2 aliphatic rings. The van der Waals surface area contributed by atoms with E-state index in [0.29, 0.717) is 31.7 Å². The van der Waals surface area contributed by atoms with Gasteiger partial charge in [0.05, 0.1) is 11.6 Å². The molecule has 0 unspecified atom stereocenters. The second-order valence-electron chi connectivity index (χ2n) is 9.64. The number of amides is 2. The maximum atomic E-state index is 14.7. The van der Waals surface area contributed by atoms with Gasteiger partial charge in [0, 0.05) is 17.7 Å². The SMILES string of the molecule is O=C(N[C@@H](c1ccc(C(F)(F)F)cc1F)C1CC1)[C@H]1CCCCN1C(=O)c1cccc([C@@H](O)C(F)(F)F)c1. The number of rotatable bonds is 6. The van der Waals surface area contributed by atoms with Crippen molar-refractivity contribution >= 4 is 11.8 Å². The zero-order valence-electron chi connectivity index (χ0n) is 20.0. The fourth-order valence-electron chi connectivity index (χ4n) is 4.73. The first kappa shape index (κ1) is 27.9. The van der Waals surface area contributed by atoms with Crippen molar-refractivity contribution in [3.63, 3.8) is 0 Å². The topological polar surface area (TPSA) is 69.6 Å². The summed E-state index contributed by atoms with van der Waals surface area (Å²) in [6.07, 6.45) is -9.81. The average Bonchev–Trinajstić information content (AvgIpc) is 3.71. The van der Waals surface area contributed by atoms with Gasteiger partial charge in [-0.25, -0.2) is 4.39 Å². The van der Waals surface area contributed by atoms with E-state index in [1.165, 1.54) is 17.0 Å². The van der Waals surface area contributed by atoms with E-state index in [0.717, 1.165) is 24.3 Å². The molecule has 2 aromatic rings. The van der Waals surface area contributed by atoms with Crippen LogP contribution >= 0.6 is 0 Å². The summed E-state index contributed by atoms with van der Waals surface area (Å²) in [6, 6.07) is 4.68. The second kappa shape index (κ2) is 10.5. The van der Waals surface area contributed by atoms with Crippen LogP contribution in [0.1, 0.15) is 71.3 Å². The molecule has 38 heavy (non-hydrogen) atoms. The summed E-state index contributed by atoms with van der Waals surface area (Å²) in [5.74, 6) is -2.61. The summed E-state index contributed by atoms with van der Waals surface area (Å²) in [4.78, 5) is 27.8. The number of carbonyl (C=O) groups is 2. The van der Waals surface area contributed by atoms with Crippen LogP contribution < -0.4 is 5.32 Å². The van der Waals surface area contributed by atoms with E-state index in [9.17, 15) is 45.4 Å². The molecule has 206 valence electrons. The van der Waals surface area contributed by atoms with Gasteiger partial charge < -0.3 is 15.3 Å². The number of likely N-dealkylation sites (tertiary alicyclic amines) is 1. The predicted molar refractivity (Wildman–Crippen MR) is 121 cm³/mol. The number of nitrogens with zero attached hydrogens (tertiary/aromatic N) is 1. The van der Waals surface area contributed by atoms with Crippen LogP contribution in [0.5, 0.6) is 0 Å². The van der Waals surface area contributed by atoms with E-state index < -0.39 is 59.3 Å². The van der Waals surface area contributed by atoms with Crippen molar-refractivity contribution < 1.29 is 45.4 Å². The largest absolute Gasteiger partial charge is 0.418 e. The van der Waals surface area contributed by atoms with Crippen molar-refractivity contribution in [3.05, 3.63) is 70.5 Å². The molecule has 0 spiro atoms. The van der Waals surface area contributed by atoms with Crippen molar-refractivity contribution in [2.24, 2.45) is 5.92 Å². The van der Waals surface area contributed by atoms with Gasteiger partial charge >= 0.3 is 12.4 Å². The smallest absolute Gasteiger partial charge is 0.379 e. The lowest BCUT2D eigenvalue weighted by molar-refractivity contribution is -0.206. The molecule has 12 heteroatoms. The molecule has 0 bridgehead atoms. The molecule has 0 radical (unpaired) electrons. The van der Waals surface area contributed by atoms with Crippen LogP contribution in [-0.4, -0.2) is 40.6 Å². The fraction of sp³-hybridized carbons (Fsp3) is 0.462. The van der Waals surface area contributed by atoms with Crippen molar-refractivity contribution in [1.29, 1.82) is 0 Å². The highest BCUT2D eigenvalue weighted by molar-refractivity contribution is 5.98. The summed E-state index contributed by atoms with van der Waals surface area (Å²) in [7, 11) is 0. The van der Waals surface area contributed by atoms with Crippen LogP contribution in [0.25, 0.3) is 0 Å². The van der Waals surface area contributed by atoms with Gasteiger partial charge in [-0.15, -0.1) is 0 Å². The van der Waals surface area contributed by atoms with Crippen LogP contribution in [0, 0.1) is 11.7 Å². The summed E-state index contributed by atoms with van der Waals surface area (Å²) < 4.78 is 92.5. The minimum Gasteiger partial charge on any atom is -0.379 e. The van der Waals surface area contributed by atoms with E-state index in [-0.39, 0.29) is 30.0 Å². The molecule has 1 aliphatic carbocycles. The first-order chi connectivity index (χ1) is 17.8. The van der Waals surface area contributed by atoms with Crippen molar-refractivity contribution in [2.75, 3.05) is 6.54 Å². The number of benzene rings is 2. The number of piperidine rings is 1. The third-order valence-electron chi connectivity index (χ3n) is 6.88. The molecule has 5 nitrogen and oxygen atoms in total. The normalized spacial score (nSPS) is 20.1. The van der Waals surface area contributed by atoms with Gasteiger partial charge in [0.1, 0.15) is 11.9 Å². The highest BCUT2D eigenvalue weighted by Crippen LogP contribution is 2.43. The first-order valence-electron chi connectivity index (χ1n) is 12.1. The van der Waals surface area contributed by atoms with Crippen LogP contribution in [0.3, 0.4) is 0 Å². The third-order valence-corrected chi connectivity index (χ3v) is 6.88. The van der Waals surface area contributed by atoms with Crippen LogP contribution in [0.4, 0.5) is 30.7 Å². The standard InChI is InChI=1S/C26H25F7N2O3/c27-19-13-17(25(28,29)30)9-10-18(19)21(14-7-8-14)34-23(37)20-6-1-2-11-35(20)24(38)16-5-3-4-15(12-16)22(36)26(31,32)33/h3-5,9-10,12-14,20-22,36H,1-2,6-8,11H2,(H,34,37)/t20-,21-,22-/m1/s1. The van der Waals surface area contributed by atoms with E-state index in [4.69, 9.17) is 0 Å². The van der Waals surface area contributed by atoms with Gasteiger partial charge in [-0.05, 0) is 67.9 Å². The number of nitrogens with one attached hydrogen (secondary N) is 1. The molecule has 1 saturated carbocycles. The Kier molecular flexibility index (Phi) is 7.74. The van der Waals surface area contributed by atoms with E-state index >= 15 is 0 Å². The van der Waals surface area contributed by atoms with Crippen LogP contribution in [0.15, 0.2) is 42.5 Å². The van der Waals surface area contributed by atoms with Gasteiger partial charge in [0.15, 0.2) is 6.10 Å². The van der Waals surface area contributed by atoms with E-state index in [2.05, 4.69) is 5.32 Å². The summed E-state index contributed by atoms with van der Waals surface area (Å²) in [5.41, 5.74) is -1.90. The zero-order valence-corrected chi connectivity index (χ0v) is 20.0. The molecule has 2 amide bonds. The van der Waals surface area contributed by atoms with Crippen LogP contribution in [0.2, 0.25) is 0 Å². The molecule has 0 aromatic heterocycles. The van der Waals surface area contributed by atoms with Crippen molar-refractivity contribution in [3.8, 4) is 0 Å². The number of hydrogen-bond acceptors (Lipinski definition) is 3. The Morgan fingerprint density at radius 1 is 0.974 bits per heavy atom. The summed E-state index contributed by atoms with van der Waals surface area (Å²) >= 11 is 0. The molecule has 2 fully saturated rings. The average molecular weight is 546 g/mol. The lowest BCUT2D eigenvalue weighted by Crippen LogP contribution is -2.52. The Hall–Kier alpha value is -3.15. The molecule has 1 heterocycles. The highest BCUT2D eigenvalue weighted by atomic mass is 19.4. The Morgan fingerprint density at radius 3 is 2.29 bits per heavy atom. The number of aliphatic hydroxyl groups excluding tert-OH is 1. The Balaban J connectivity index is 1.55. The maximum Gasteiger partial charge on any atom is 0.418 e. The molecule has 1 saturated heterocycles. The molecule has 1 aliphatic heterocycles. The van der Waals surface area contributed by atoms with Crippen molar-refractivity contribution in [1.82, 2.24) is 10.2 Å². The molecule has 4 rings (SSSR count). The highest BCUT2D eigenvalue weighted by Gasteiger charge is 2.41. The minimum absolute atomic E-state index is 0.0867. The van der Waals surface area contributed by atoms with Gasteiger partial charge in [0.25, 0.3) is 5.91 Å².